The van der Waals surface area contributed by atoms with E-state index in [1.54, 1.807) is 4.31 Å². The van der Waals surface area contributed by atoms with Crippen LogP contribution in [0.1, 0.15) is 25.0 Å². The van der Waals surface area contributed by atoms with E-state index in [9.17, 15) is 8.42 Å². The van der Waals surface area contributed by atoms with Crippen LogP contribution >= 0.6 is 0 Å². The topological polar surface area (TPSA) is 46.6 Å². The molecule has 0 radical (unpaired) electrons. The molecule has 0 saturated carbocycles. The number of morpholine rings is 1. The van der Waals surface area contributed by atoms with Crippen LogP contribution in [0.25, 0.3) is 0 Å². The average molecular weight is 283 g/mol. The molecule has 1 saturated heterocycles. The Morgan fingerprint density at radius 2 is 2.11 bits per heavy atom. The Balaban J connectivity index is 2.17. The van der Waals surface area contributed by atoms with E-state index in [0.717, 1.165) is 11.1 Å². The van der Waals surface area contributed by atoms with Gasteiger partial charge >= 0.3 is 0 Å². The fourth-order valence-electron chi connectivity index (χ4n) is 2.36. The van der Waals surface area contributed by atoms with Gasteiger partial charge in [0, 0.05) is 12.6 Å². The molecule has 106 valence electrons. The molecule has 0 aliphatic carbocycles. The lowest BCUT2D eigenvalue weighted by atomic mass is 10.2. The second-order valence-corrected chi connectivity index (χ2v) is 7.23. The van der Waals surface area contributed by atoms with E-state index in [1.807, 2.05) is 45.0 Å². The molecule has 1 aliphatic heterocycles. The van der Waals surface area contributed by atoms with E-state index in [-0.39, 0.29) is 17.9 Å². The van der Waals surface area contributed by atoms with E-state index >= 15 is 0 Å². The van der Waals surface area contributed by atoms with Crippen molar-refractivity contribution in [3.05, 3.63) is 35.4 Å². The molecular formula is C14H21NO3S. The third-order valence-electron chi connectivity index (χ3n) is 3.34. The SMILES string of the molecule is Cc1cccc(CS(=O)(=O)N2CC(C)OCC2C)c1. The minimum atomic E-state index is -3.28. The predicted molar refractivity (Wildman–Crippen MR) is 75.4 cm³/mol. The van der Waals surface area contributed by atoms with Crippen molar-refractivity contribution in [3.63, 3.8) is 0 Å². The van der Waals surface area contributed by atoms with Gasteiger partial charge in [0.15, 0.2) is 0 Å². The molecule has 1 aromatic rings. The van der Waals surface area contributed by atoms with Crippen molar-refractivity contribution in [2.75, 3.05) is 13.2 Å². The lowest BCUT2D eigenvalue weighted by molar-refractivity contribution is -0.0171. The fraction of sp³-hybridized carbons (Fsp3) is 0.571. The molecule has 1 fully saturated rings. The van der Waals surface area contributed by atoms with Crippen molar-refractivity contribution in [1.29, 1.82) is 0 Å². The summed E-state index contributed by atoms with van der Waals surface area (Å²) < 4.78 is 32.0. The Hall–Kier alpha value is -0.910. The van der Waals surface area contributed by atoms with Crippen LogP contribution in [0.3, 0.4) is 0 Å². The average Bonchev–Trinajstić information content (AvgIpc) is 2.31. The van der Waals surface area contributed by atoms with Crippen LogP contribution in [0.5, 0.6) is 0 Å². The van der Waals surface area contributed by atoms with Gasteiger partial charge in [0.1, 0.15) is 0 Å². The zero-order chi connectivity index (χ0) is 14.0. The highest BCUT2D eigenvalue weighted by molar-refractivity contribution is 7.88. The van der Waals surface area contributed by atoms with Gasteiger partial charge in [-0.05, 0) is 26.3 Å². The maximum Gasteiger partial charge on any atom is 0.218 e. The highest BCUT2D eigenvalue weighted by Gasteiger charge is 2.32. The number of benzene rings is 1. The van der Waals surface area contributed by atoms with Crippen LogP contribution in [0.15, 0.2) is 24.3 Å². The van der Waals surface area contributed by atoms with Gasteiger partial charge in [-0.15, -0.1) is 0 Å². The molecular weight excluding hydrogens is 262 g/mol. The van der Waals surface area contributed by atoms with Crippen LogP contribution in [-0.2, 0) is 20.5 Å². The second-order valence-electron chi connectivity index (χ2n) is 5.31. The molecule has 4 nitrogen and oxygen atoms in total. The summed E-state index contributed by atoms with van der Waals surface area (Å²) in [6.07, 6.45) is -0.0384. The summed E-state index contributed by atoms with van der Waals surface area (Å²) in [5.74, 6) is 0.0612. The minimum absolute atomic E-state index is 0.0384. The normalized spacial score (nSPS) is 25.4. The van der Waals surface area contributed by atoms with Crippen molar-refractivity contribution in [1.82, 2.24) is 4.31 Å². The highest BCUT2D eigenvalue weighted by atomic mass is 32.2. The zero-order valence-corrected chi connectivity index (χ0v) is 12.5. The molecule has 1 aliphatic rings. The smallest absolute Gasteiger partial charge is 0.218 e. The van der Waals surface area contributed by atoms with Gasteiger partial charge in [-0.25, -0.2) is 8.42 Å². The van der Waals surface area contributed by atoms with Crippen molar-refractivity contribution in [2.24, 2.45) is 0 Å². The fourth-order valence-corrected chi connectivity index (χ4v) is 4.17. The van der Waals surface area contributed by atoms with E-state index in [4.69, 9.17) is 4.74 Å². The molecule has 0 N–H and O–H groups in total. The summed E-state index contributed by atoms with van der Waals surface area (Å²) in [4.78, 5) is 0. The summed E-state index contributed by atoms with van der Waals surface area (Å²) in [6, 6.07) is 7.55. The molecule has 2 unspecified atom stereocenters. The number of sulfonamides is 1. The highest BCUT2D eigenvalue weighted by Crippen LogP contribution is 2.19. The molecule has 0 bridgehead atoms. The Morgan fingerprint density at radius 3 is 2.79 bits per heavy atom. The summed E-state index contributed by atoms with van der Waals surface area (Å²) in [5, 5.41) is 0. The molecule has 19 heavy (non-hydrogen) atoms. The van der Waals surface area contributed by atoms with Gasteiger partial charge in [0.2, 0.25) is 10.0 Å². The number of hydrogen-bond donors (Lipinski definition) is 0. The number of ether oxygens (including phenoxy) is 1. The molecule has 0 aromatic heterocycles. The quantitative estimate of drug-likeness (QED) is 0.851. The number of aryl methyl sites for hydroxylation is 1. The van der Waals surface area contributed by atoms with Crippen LogP contribution < -0.4 is 0 Å². The van der Waals surface area contributed by atoms with Crippen molar-refractivity contribution < 1.29 is 13.2 Å². The maximum atomic E-state index is 12.5. The van der Waals surface area contributed by atoms with E-state index < -0.39 is 10.0 Å². The zero-order valence-electron chi connectivity index (χ0n) is 11.7. The first-order valence-corrected chi connectivity index (χ1v) is 8.16. The van der Waals surface area contributed by atoms with Crippen LogP contribution in [0, 0.1) is 6.92 Å². The Kier molecular flexibility index (Phi) is 4.28. The first-order valence-electron chi connectivity index (χ1n) is 6.55. The number of nitrogens with zero attached hydrogens (tertiary/aromatic N) is 1. The first kappa shape index (κ1) is 14.5. The molecule has 1 aromatic carbocycles. The summed E-state index contributed by atoms with van der Waals surface area (Å²) >= 11 is 0. The minimum Gasteiger partial charge on any atom is -0.375 e. The third-order valence-corrected chi connectivity index (χ3v) is 5.26. The number of rotatable bonds is 3. The first-order chi connectivity index (χ1) is 8.88. The van der Waals surface area contributed by atoms with Gasteiger partial charge in [-0.1, -0.05) is 29.8 Å². The monoisotopic (exact) mass is 283 g/mol. The molecule has 5 heteroatoms. The number of hydrogen-bond acceptors (Lipinski definition) is 3. The van der Waals surface area contributed by atoms with Crippen LogP contribution in [0.4, 0.5) is 0 Å². The lowest BCUT2D eigenvalue weighted by Crippen LogP contribution is -2.50. The van der Waals surface area contributed by atoms with E-state index in [2.05, 4.69) is 0 Å². The summed E-state index contributed by atoms with van der Waals surface area (Å²) in [6.45, 7) is 6.67. The van der Waals surface area contributed by atoms with Crippen molar-refractivity contribution >= 4 is 10.0 Å². The van der Waals surface area contributed by atoms with Crippen molar-refractivity contribution in [3.8, 4) is 0 Å². The van der Waals surface area contributed by atoms with E-state index in [1.165, 1.54) is 0 Å². The second kappa shape index (κ2) is 5.61. The standard InChI is InChI=1S/C14H21NO3S/c1-11-5-4-6-14(7-11)10-19(16,17)15-8-13(3)18-9-12(15)2/h4-7,12-13H,8-10H2,1-3H3. The Morgan fingerprint density at radius 1 is 1.37 bits per heavy atom. The lowest BCUT2D eigenvalue weighted by Gasteiger charge is -2.35. The molecule has 2 atom stereocenters. The third kappa shape index (κ3) is 3.55. The largest absolute Gasteiger partial charge is 0.375 e. The van der Waals surface area contributed by atoms with Crippen LogP contribution in [-0.4, -0.2) is 38.0 Å². The molecule has 0 amide bonds. The summed E-state index contributed by atoms with van der Waals surface area (Å²) in [5.41, 5.74) is 1.92. The predicted octanol–water partition coefficient (Wildman–Crippen LogP) is 1.93. The Labute approximate surface area is 115 Å². The van der Waals surface area contributed by atoms with Crippen molar-refractivity contribution in [2.45, 2.75) is 38.7 Å². The van der Waals surface area contributed by atoms with Gasteiger partial charge in [0.25, 0.3) is 0 Å². The molecule has 0 spiro atoms. The van der Waals surface area contributed by atoms with E-state index in [0.29, 0.717) is 13.2 Å². The Bertz CT molecular complexity index is 541. The molecule has 1 heterocycles. The molecule has 2 rings (SSSR count). The summed E-state index contributed by atoms with van der Waals surface area (Å²) in [7, 11) is -3.28. The van der Waals surface area contributed by atoms with Gasteiger partial charge in [0.05, 0.1) is 18.5 Å². The van der Waals surface area contributed by atoms with Gasteiger partial charge < -0.3 is 4.74 Å². The van der Waals surface area contributed by atoms with Gasteiger partial charge in [-0.2, -0.15) is 4.31 Å². The maximum absolute atomic E-state index is 12.5. The van der Waals surface area contributed by atoms with Gasteiger partial charge in [-0.3, -0.25) is 0 Å². The van der Waals surface area contributed by atoms with Crippen LogP contribution in [0.2, 0.25) is 0 Å².